The molecule has 0 atom stereocenters. The number of hydrogen-bond donors (Lipinski definition) is 2. The van der Waals surface area contributed by atoms with Crippen LogP contribution in [0.4, 0.5) is 0 Å². The number of carbonyl (C=O) groups is 4. The van der Waals surface area contributed by atoms with Gasteiger partial charge in [0, 0.05) is 85.1 Å². The van der Waals surface area contributed by atoms with E-state index in [0.29, 0.717) is 0 Å². The molecule has 2 heterocycles. The average Bonchev–Trinajstić information content (AvgIpc) is 2.76. The van der Waals surface area contributed by atoms with Gasteiger partial charge in [0.2, 0.25) is 0 Å². The summed E-state index contributed by atoms with van der Waals surface area (Å²) in [6.07, 6.45) is 0. The molecule has 1 radical (unpaired) electrons. The van der Waals surface area contributed by atoms with Crippen molar-refractivity contribution >= 4 is 23.9 Å². The molecule has 0 aromatic rings. The minimum absolute atomic E-state index is 0. The van der Waals surface area contributed by atoms with E-state index in [4.69, 9.17) is 9.84 Å². The first-order valence-corrected chi connectivity index (χ1v) is 11.1. The summed E-state index contributed by atoms with van der Waals surface area (Å²) in [7, 11) is 0. The van der Waals surface area contributed by atoms with Gasteiger partial charge in [0.1, 0.15) is 0 Å². The fraction of sp³-hybridized carbons (Fsp3) is 0.800. The molecule has 35 heavy (non-hydrogen) atoms. The number of nitrogens with one attached hydrogen (secondary N) is 1. The quantitative estimate of drug-likeness (QED) is 0.253. The van der Waals surface area contributed by atoms with E-state index in [2.05, 4.69) is 5.32 Å². The first-order valence-electron chi connectivity index (χ1n) is 11.1. The molecule has 2 aliphatic heterocycles. The summed E-state index contributed by atoms with van der Waals surface area (Å²) >= 11 is 0. The number of nitrogens with zero attached hydrogens (tertiary/aromatic N) is 4. The average molecular weight is 646 g/mol. The molecule has 0 spiro atoms. The normalized spacial score (nSPS) is 19.7. The number of carboxylic acids is 4. The molecule has 15 heteroatoms. The van der Waals surface area contributed by atoms with Crippen molar-refractivity contribution in [2.75, 3.05) is 105 Å². The number of rotatable bonds is 8. The van der Waals surface area contributed by atoms with Crippen LogP contribution in [0.3, 0.4) is 0 Å². The second kappa shape index (κ2) is 20.1. The summed E-state index contributed by atoms with van der Waals surface area (Å²) in [4.78, 5) is 50.2. The second-order valence-corrected chi connectivity index (χ2v) is 7.98. The first kappa shape index (κ1) is 34.0. The molecule has 0 amide bonds. The van der Waals surface area contributed by atoms with Crippen LogP contribution in [-0.2, 0) is 23.9 Å². The van der Waals surface area contributed by atoms with Crippen molar-refractivity contribution in [1.82, 2.24) is 24.9 Å². The standard InChI is InChI=1S/C16H28N4O8.C4H9NO.Gd/c21-13(22)9-17-1-2-18(10-14(23)24)5-6-20(12-16(27)28)8-7-19(4-3-17)11-15(25)26;1-3-6-4-2-5-1;/h1-12H2,(H,21,22)(H,23,24)(H,25,26)(H,27,28);5H,1-4H2;/q;;+3/p-3. The van der Waals surface area contributed by atoms with E-state index in [1.54, 1.807) is 14.7 Å². The molecule has 0 unspecified atom stereocenters. The van der Waals surface area contributed by atoms with E-state index in [0.717, 1.165) is 26.3 Å². The van der Waals surface area contributed by atoms with Crippen LogP contribution in [0.2, 0.25) is 0 Å². The Labute approximate surface area is 236 Å². The third kappa shape index (κ3) is 18.8. The molecule has 0 aromatic heterocycles. The molecule has 0 saturated carbocycles. The molecule has 0 aromatic carbocycles. The molecular formula is C20H34GdN5O9. The van der Waals surface area contributed by atoms with Gasteiger partial charge in [0.25, 0.3) is 0 Å². The summed E-state index contributed by atoms with van der Waals surface area (Å²) in [6, 6.07) is 0. The molecule has 2 N–H and O–H groups in total. The summed E-state index contributed by atoms with van der Waals surface area (Å²) in [6.45, 7) is 4.33. The number of carboxylic acid groups (broad SMARTS) is 4. The van der Waals surface area contributed by atoms with Crippen molar-refractivity contribution in [1.29, 1.82) is 0 Å². The van der Waals surface area contributed by atoms with Gasteiger partial charge in [-0.1, -0.05) is 0 Å². The second-order valence-electron chi connectivity index (χ2n) is 7.98. The van der Waals surface area contributed by atoms with E-state index in [1.165, 1.54) is 4.90 Å². The summed E-state index contributed by atoms with van der Waals surface area (Å²) < 4.78 is 5.01. The Morgan fingerprint density at radius 1 is 0.629 bits per heavy atom. The van der Waals surface area contributed by atoms with Crippen molar-refractivity contribution in [3.05, 3.63) is 0 Å². The van der Waals surface area contributed by atoms with Crippen molar-refractivity contribution in [3.63, 3.8) is 0 Å². The summed E-state index contributed by atoms with van der Waals surface area (Å²) in [5.41, 5.74) is 0. The van der Waals surface area contributed by atoms with Crippen molar-refractivity contribution in [2.45, 2.75) is 0 Å². The van der Waals surface area contributed by atoms with Gasteiger partial charge in [0.05, 0.1) is 37.7 Å². The van der Waals surface area contributed by atoms with Gasteiger partial charge in [-0.05, 0) is 0 Å². The summed E-state index contributed by atoms with van der Waals surface area (Å²) in [5.74, 6) is -4.92. The Morgan fingerprint density at radius 2 is 0.914 bits per heavy atom. The van der Waals surface area contributed by atoms with Crippen LogP contribution in [-0.4, -0.2) is 153 Å². The van der Waals surface area contributed by atoms with E-state index in [1.807, 2.05) is 0 Å². The molecule has 0 bridgehead atoms. The number of ether oxygens (including phenoxy) is 1. The number of aliphatic carboxylic acids is 4. The van der Waals surface area contributed by atoms with Crippen molar-refractivity contribution in [3.8, 4) is 0 Å². The smallest absolute Gasteiger partial charge is 0.549 e. The Kier molecular flexibility index (Phi) is 19.5. The molecule has 2 rings (SSSR count). The minimum atomic E-state index is -1.29. The SMILES string of the molecule is C1COCCN1.O=C([O-])CN1CCN(CC(=O)[O-])CCN(CC(=O)O)CCN(CC(=O)[O-])CC1.[Gd+3]. The number of morpholine rings is 1. The van der Waals surface area contributed by atoms with Gasteiger partial charge in [-0.2, -0.15) is 0 Å². The molecule has 0 aliphatic carbocycles. The fourth-order valence-electron chi connectivity index (χ4n) is 3.47. The topological polar surface area (TPSA) is 192 Å². The fourth-order valence-corrected chi connectivity index (χ4v) is 3.47. The largest absolute Gasteiger partial charge is 3.00 e. The van der Waals surface area contributed by atoms with E-state index < -0.39 is 23.9 Å². The zero-order chi connectivity index (χ0) is 25.3. The van der Waals surface area contributed by atoms with E-state index in [-0.39, 0.29) is 118 Å². The van der Waals surface area contributed by atoms with Gasteiger partial charge in [-0.3, -0.25) is 24.4 Å². The van der Waals surface area contributed by atoms with Crippen molar-refractivity contribution in [2.24, 2.45) is 0 Å². The molecule has 201 valence electrons. The van der Waals surface area contributed by atoms with Gasteiger partial charge in [-0.25, -0.2) is 0 Å². The van der Waals surface area contributed by atoms with Crippen LogP contribution in [0.15, 0.2) is 0 Å². The summed E-state index contributed by atoms with van der Waals surface area (Å²) in [5, 5.41) is 45.1. The van der Waals surface area contributed by atoms with Gasteiger partial charge in [0.15, 0.2) is 0 Å². The number of hydrogen-bond acceptors (Lipinski definition) is 13. The van der Waals surface area contributed by atoms with Crippen LogP contribution in [0, 0.1) is 39.9 Å². The molecule has 2 aliphatic rings. The van der Waals surface area contributed by atoms with Gasteiger partial charge < -0.3 is 44.9 Å². The predicted molar refractivity (Wildman–Crippen MR) is 112 cm³/mol. The Balaban J connectivity index is 0.00000143. The third-order valence-electron chi connectivity index (χ3n) is 5.19. The maximum atomic E-state index is 11.1. The first-order chi connectivity index (χ1) is 16.2. The zero-order valence-corrected chi connectivity index (χ0v) is 21.9. The van der Waals surface area contributed by atoms with Crippen LogP contribution in [0.5, 0.6) is 0 Å². The minimum Gasteiger partial charge on any atom is -0.549 e. The zero-order valence-electron chi connectivity index (χ0n) is 19.7. The van der Waals surface area contributed by atoms with Crippen molar-refractivity contribution < 1.29 is 84.3 Å². The van der Waals surface area contributed by atoms with Crippen LogP contribution < -0.4 is 20.6 Å². The van der Waals surface area contributed by atoms with Crippen LogP contribution in [0.25, 0.3) is 0 Å². The van der Waals surface area contributed by atoms with Gasteiger partial charge in [-0.15, -0.1) is 0 Å². The van der Waals surface area contributed by atoms with Crippen LogP contribution in [0.1, 0.15) is 0 Å². The maximum absolute atomic E-state index is 11.1. The predicted octanol–water partition coefficient (Wildman–Crippen LogP) is -6.85. The Morgan fingerprint density at radius 3 is 1.09 bits per heavy atom. The molecule has 14 nitrogen and oxygen atoms in total. The van der Waals surface area contributed by atoms with Gasteiger partial charge >= 0.3 is 45.9 Å². The molecule has 2 fully saturated rings. The Bertz CT molecular complexity index is 531. The maximum Gasteiger partial charge on any atom is 3.00 e. The van der Waals surface area contributed by atoms with E-state index in [9.17, 15) is 34.5 Å². The third-order valence-corrected chi connectivity index (χ3v) is 5.19. The Hall–Kier alpha value is -1.04. The molecule has 2 saturated heterocycles. The van der Waals surface area contributed by atoms with Crippen LogP contribution >= 0.6 is 0 Å². The number of carbonyl (C=O) groups excluding carboxylic acids is 3. The van der Waals surface area contributed by atoms with E-state index >= 15 is 0 Å². The molecular weight excluding hydrogens is 611 g/mol. The monoisotopic (exact) mass is 646 g/mol.